The zero-order valence-electron chi connectivity index (χ0n) is 19.2. The van der Waals surface area contributed by atoms with Crippen LogP contribution in [0.15, 0.2) is 124 Å². The largest absolute Gasteiger partial charge is 0.424 e. The van der Waals surface area contributed by atoms with E-state index in [0.29, 0.717) is 5.58 Å². The van der Waals surface area contributed by atoms with E-state index < -0.39 is 0 Å². The molecule has 0 N–H and O–H groups in total. The van der Waals surface area contributed by atoms with Crippen molar-refractivity contribution in [3.63, 3.8) is 0 Å². The zero-order chi connectivity index (χ0) is 23.8. The van der Waals surface area contributed by atoms with Crippen molar-refractivity contribution in [2.75, 3.05) is 0 Å². The maximum absolute atomic E-state index is 13.0. The molecule has 0 amide bonds. The topological polar surface area (TPSA) is 34.6 Å². The highest BCUT2D eigenvalue weighted by Gasteiger charge is 2.14. The lowest BCUT2D eigenvalue weighted by Crippen LogP contribution is -2.10. The molecule has 168 valence electrons. The highest BCUT2D eigenvalue weighted by Crippen LogP contribution is 2.36. The first-order chi connectivity index (χ1) is 17.7. The molecule has 8 rings (SSSR count). The summed E-state index contributed by atoms with van der Waals surface area (Å²) in [4.78, 5) is 13.0. The predicted octanol–water partition coefficient (Wildman–Crippen LogP) is 8.33. The minimum Gasteiger partial charge on any atom is -0.409 e. The van der Waals surface area contributed by atoms with E-state index >= 15 is 0 Å². The van der Waals surface area contributed by atoms with Crippen LogP contribution >= 0.6 is 0 Å². The van der Waals surface area contributed by atoms with Gasteiger partial charge in [0.2, 0.25) is 0 Å². The van der Waals surface area contributed by atoms with Gasteiger partial charge in [-0.15, -0.1) is 0 Å². The molecule has 0 unspecified atom stereocenters. The van der Waals surface area contributed by atoms with Crippen LogP contribution in [0.1, 0.15) is 0 Å². The Labute approximate surface area is 205 Å². The number of para-hydroxylation sites is 1. The van der Waals surface area contributed by atoms with Gasteiger partial charge in [0.15, 0.2) is 0 Å². The summed E-state index contributed by atoms with van der Waals surface area (Å²) in [5.74, 6) is -0.369. The Bertz CT molecular complexity index is 2230. The van der Waals surface area contributed by atoms with Crippen LogP contribution in [-0.4, -0.2) is 4.40 Å². The molecule has 36 heavy (non-hydrogen) atoms. The monoisotopic (exact) mass is 461 g/mol. The molecular weight excluding hydrogens is 442 g/mol. The van der Waals surface area contributed by atoms with E-state index in [4.69, 9.17) is 4.42 Å². The maximum atomic E-state index is 13.0. The van der Waals surface area contributed by atoms with Gasteiger partial charge < -0.3 is 4.42 Å². The Morgan fingerprint density at radius 3 is 2.19 bits per heavy atom. The van der Waals surface area contributed by atoms with Crippen molar-refractivity contribution < 1.29 is 4.42 Å². The first-order valence-electron chi connectivity index (χ1n) is 12.1. The maximum Gasteiger partial charge on any atom is 0.424 e. The molecule has 0 spiro atoms. The van der Waals surface area contributed by atoms with E-state index in [0.717, 1.165) is 32.9 Å². The Morgan fingerprint density at radius 2 is 1.28 bits per heavy atom. The minimum atomic E-state index is -0.369. The number of hydrogen-bond donors (Lipinski definition) is 0. The fourth-order valence-electron chi connectivity index (χ4n) is 5.70. The van der Waals surface area contributed by atoms with E-state index in [1.54, 1.807) is 4.40 Å². The summed E-state index contributed by atoms with van der Waals surface area (Å²) in [5, 5.41) is 9.32. The number of benzene rings is 6. The van der Waals surface area contributed by atoms with E-state index in [2.05, 4.69) is 91.0 Å². The van der Waals surface area contributed by atoms with Crippen molar-refractivity contribution in [3.8, 4) is 11.1 Å². The number of fused-ring (bicyclic) bond motifs is 9. The van der Waals surface area contributed by atoms with Crippen LogP contribution in [0, 0.1) is 0 Å². The summed E-state index contributed by atoms with van der Waals surface area (Å²) in [6, 6.07) is 40.0. The molecule has 0 aliphatic rings. The molecule has 0 saturated carbocycles. The average Bonchev–Trinajstić information content (AvgIpc) is 3.31. The Hall–Kier alpha value is -4.89. The minimum absolute atomic E-state index is 0.369. The van der Waals surface area contributed by atoms with Crippen molar-refractivity contribution in [1.29, 1.82) is 0 Å². The second-order valence-electron chi connectivity index (χ2n) is 9.39. The summed E-state index contributed by atoms with van der Waals surface area (Å²) >= 11 is 0. The molecule has 8 aromatic rings. The van der Waals surface area contributed by atoms with Crippen LogP contribution in [0.3, 0.4) is 0 Å². The van der Waals surface area contributed by atoms with E-state index in [1.165, 1.54) is 32.3 Å². The van der Waals surface area contributed by atoms with Crippen LogP contribution < -0.4 is 5.76 Å². The van der Waals surface area contributed by atoms with E-state index in [1.807, 2.05) is 24.3 Å². The van der Waals surface area contributed by atoms with Gasteiger partial charge in [0.05, 0.1) is 11.0 Å². The van der Waals surface area contributed by atoms with E-state index in [-0.39, 0.29) is 5.76 Å². The molecular formula is C33H19NO2. The molecule has 0 aliphatic carbocycles. The summed E-state index contributed by atoms with van der Waals surface area (Å²) in [6.07, 6.45) is 0. The zero-order valence-corrected chi connectivity index (χ0v) is 19.2. The SMILES string of the molecule is O=c1oc2ccccc2c2cc3ccc(-c4cccc5c4ccc4cc6ccccc6cc45)cc3n12. The van der Waals surface area contributed by atoms with Crippen molar-refractivity contribution in [3.05, 3.63) is 126 Å². The third-order valence-corrected chi connectivity index (χ3v) is 7.40. The van der Waals surface area contributed by atoms with Gasteiger partial charge in [-0.1, -0.05) is 78.9 Å². The van der Waals surface area contributed by atoms with Crippen molar-refractivity contribution in [1.82, 2.24) is 4.40 Å². The standard InChI is InChI=1S/C33H19NO2/c35-33-34-30-18-23(12-13-24(30)19-31(34)28-8-3-4-11-32(28)36-33)25-9-5-10-26-27(25)15-14-22-16-20-6-1-2-7-21(20)17-29(22)26/h1-19H. The second kappa shape index (κ2) is 7.06. The highest BCUT2D eigenvalue weighted by atomic mass is 16.4. The third kappa shape index (κ3) is 2.65. The smallest absolute Gasteiger partial charge is 0.409 e. The predicted molar refractivity (Wildman–Crippen MR) is 149 cm³/mol. The molecule has 0 bridgehead atoms. The molecule has 3 nitrogen and oxygen atoms in total. The molecule has 0 fully saturated rings. The quantitative estimate of drug-likeness (QED) is 0.182. The summed E-state index contributed by atoms with van der Waals surface area (Å²) in [7, 11) is 0. The van der Waals surface area contributed by atoms with E-state index in [9.17, 15) is 4.79 Å². The third-order valence-electron chi connectivity index (χ3n) is 7.40. The van der Waals surface area contributed by atoms with Gasteiger partial charge in [-0.05, 0) is 79.8 Å². The van der Waals surface area contributed by atoms with Crippen molar-refractivity contribution in [2.45, 2.75) is 0 Å². The first-order valence-corrected chi connectivity index (χ1v) is 12.1. The van der Waals surface area contributed by atoms with Gasteiger partial charge in [-0.25, -0.2) is 9.20 Å². The van der Waals surface area contributed by atoms with Crippen LogP contribution in [0.4, 0.5) is 0 Å². The van der Waals surface area contributed by atoms with Crippen LogP contribution in [0.5, 0.6) is 0 Å². The van der Waals surface area contributed by atoms with Gasteiger partial charge in [0.1, 0.15) is 5.58 Å². The summed E-state index contributed by atoms with van der Waals surface area (Å²) in [6.45, 7) is 0. The molecule has 0 radical (unpaired) electrons. The fraction of sp³-hybridized carbons (Fsp3) is 0. The molecule has 0 atom stereocenters. The van der Waals surface area contributed by atoms with Crippen LogP contribution in [0.25, 0.3) is 70.8 Å². The van der Waals surface area contributed by atoms with Gasteiger partial charge in [-0.2, -0.15) is 0 Å². The molecule has 6 aromatic carbocycles. The van der Waals surface area contributed by atoms with Gasteiger partial charge in [0, 0.05) is 10.8 Å². The summed E-state index contributed by atoms with van der Waals surface area (Å²) in [5.41, 5.74) is 4.53. The van der Waals surface area contributed by atoms with Crippen LogP contribution in [0.2, 0.25) is 0 Å². The number of nitrogens with zero attached hydrogens (tertiary/aromatic N) is 1. The lowest BCUT2D eigenvalue weighted by Gasteiger charge is -2.11. The molecule has 0 aliphatic heterocycles. The molecule has 0 saturated heterocycles. The van der Waals surface area contributed by atoms with Gasteiger partial charge in [0.25, 0.3) is 0 Å². The average molecular weight is 462 g/mol. The summed E-state index contributed by atoms with van der Waals surface area (Å²) < 4.78 is 7.34. The number of hydrogen-bond acceptors (Lipinski definition) is 2. The second-order valence-corrected chi connectivity index (χ2v) is 9.39. The number of aromatic nitrogens is 1. The van der Waals surface area contributed by atoms with Crippen molar-refractivity contribution >= 4 is 59.7 Å². The molecule has 2 aromatic heterocycles. The van der Waals surface area contributed by atoms with Crippen LogP contribution in [-0.2, 0) is 0 Å². The highest BCUT2D eigenvalue weighted by molar-refractivity contribution is 6.15. The Morgan fingerprint density at radius 1 is 0.500 bits per heavy atom. The lowest BCUT2D eigenvalue weighted by molar-refractivity contribution is 0.526. The molecule has 3 heteroatoms. The van der Waals surface area contributed by atoms with Gasteiger partial charge in [-0.3, -0.25) is 0 Å². The van der Waals surface area contributed by atoms with Crippen molar-refractivity contribution in [2.24, 2.45) is 0 Å². The Kier molecular flexibility index (Phi) is 3.81. The normalized spacial score (nSPS) is 12.0. The first kappa shape index (κ1) is 19.4. The fourth-order valence-corrected chi connectivity index (χ4v) is 5.70. The molecule has 2 heterocycles. The Balaban J connectivity index is 1.41. The lowest BCUT2D eigenvalue weighted by atomic mass is 9.93. The number of rotatable bonds is 1. The van der Waals surface area contributed by atoms with Gasteiger partial charge >= 0.3 is 5.76 Å².